The zero-order valence-corrected chi connectivity index (χ0v) is 11.6. The highest BCUT2D eigenvalue weighted by Gasteiger charge is 2.18. The summed E-state index contributed by atoms with van der Waals surface area (Å²) in [5.74, 6) is 0. The van der Waals surface area contributed by atoms with Crippen molar-refractivity contribution in [3.8, 4) is 0 Å². The summed E-state index contributed by atoms with van der Waals surface area (Å²) in [6.07, 6.45) is 0.218. The number of halogens is 2. The third kappa shape index (κ3) is 2.57. The Kier molecular flexibility index (Phi) is 4.09. The summed E-state index contributed by atoms with van der Waals surface area (Å²) >= 11 is 12.2. The SMILES string of the molecule is NSc1cc2c(cc1Cl)NC(CBr)NS2. The van der Waals surface area contributed by atoms with Crippen molar-refractivity contribution in [2.24, 2.45) is 5.14 Å². The summed E-state index contributed by atoms with van der Waals surface area (Å²) in [5.41, 5.74) is 1.05. The largest absolute Gasteiger partial charge is 0.367 e. The van der Waals surface area contributed by atoms with Crippen LogP contribution < -0.4 is 15.2 Å². The van der Waals surface area contributed by atoms with Crippen LogP contribution in [-0.2, 0) is 0 Å². The zero-order valence-electron chi connectivity index (χ0n) is 7.59. The van der Waals surface area contributed by atoms with Crippen molar-refractivity contribution in [3.63, 3.8) is 0 Å². The molecule has 15 heavy (non-hydrogen) atoms. The molecule has 0 bridgehead atoms. The van der Waals surface area contributed by atoms with Crippen LogP contribution in [0.3, 0.4) is 0 Å². The molecule has 1 atom stereocenters. The Bertz CT molecular complexity index is 377. The average molecular weight is 327 g/mol. The van der Waals surface area contributed by atoms with E-state index in [1.807, 2.05) is 12.1 Å². The molecule has 0 radical (unpaired) electrons. The molecule has 0 saturated heterocycles. The predicted molar refractivity (Wildman–Crippen MR) is 71.7 cm³/mol. The topological polar surface area (TPSA) is 50.1 Å². The Morgan fingerprint density at radius 3 is 3.07 bits per heavy atom. The molecule has 82 valence electrons. The first kappa shape index (κ1) is 11.9. The van der Waals surface area contributed by atoms with Gasteiger partial charge in [-0.3, -0.25) is 5.14 Å². The molecule has 1 aromatic rings. The van der Waals surface area contributed by atoms with Gasteiger partial charge in [-0.25, -0.2) is 4.72 Å². The molecule has 0 amide bonds. The number of rotatable bonds is 2. The van der Waals surface area contributed by atoms with Crippen molar-refractivity contribution in [2.75, 3.05) is 10.6 Å². The van der Waals surface area contributed by atoms with Crippen LogP contribution in [0.5, 0.6) is 0 Å². The van der Waals surface area contributed by atoms with E-state index in [2.05, 4.69) is 26.0 Å². The molecule has 0 fully saturated rings. The van der Waals surface area contributed by atoms with Crippen LogP contribution in [0.15, 0.2) is 21.9 Å². The molecule has 7 heteroatoms. The van der Waals surface area contributed by atoms with Crippen LogP contribution in [0, 0.1) is 0 Å². The highest BCUT2D eigenvalue weighted by atomic mass is 79.9. The van der Waals surface area contributed by atoms with Crippen molar-refractivity contribution >= 4 is 57.1 Å². The zero-order chi connectivity index (χ0) is 10.8. The summed E-state index contributed by atoms with van der Waals surface area (Å²) < 4.78 is 3.26. The Morgan fingerprint density at radius 2 is 2.40 bits per heavy atom. The monoisotopic (exact) mass is 325 g/mol. The standard InChI is InChI=1S/C8H9BrClN3S2/c9-3-8-12-5-1-4(10)6(14-11)2-7(5)15-13-8/h1-2,8,12-13H,3,11H2. The molecular formula is C8H9BrClN3S2. The number of hydrogen-bond acceptors (Lipinski definition) is 5. The number of benzene rings is 1. The Morgan fingerprint density at radius 1 is 1.60 bits per heavy atom. The molecule has 0 aliphatic carbocycles. The van der Waals surface area contributed by atoms with E-state index >= 15 is 0 Å². The average Bonchev–Trinajstić information content (AvgIpc) is 2.27. The lowest BCUT2D eigenvalue weighted by atomic mass is 10.3. The number of nitrogens with one attached hydrogen (secondary N) is 2. The van der Waals surface area contributed by atoms with Gasteiger partial charge in [-0.05, 0) is 36.0 Å². The maximum atomic E-state index is 6.07. The summed E-state index contributed by atoms with van der Waals surface area (Å²) in [4.78, 5) is 2.01. The first-order valence-electron chi connectivity index (χ1n) is 4.19. The lowest BCUT2D eigenvalue weighted by molar-refractivity contribution is 0.787. The number of fused-ring (bicyclic) bond motifs is 1. The third-order valence-corrected chi connectivity index (χ3v) is 4.58. The second kappa shape index (κ2) is 5.16. The first-order chi connectivity index (χ1) is 7.24. The molecule has 1 heterocycles. The minimum atomic E-state index is 0.218. The second-order valence-corrected chi connectivity index (χ2v) is 5.58. The van der Waals surface area contributed by atoms with Gasteiger partial charge in [-0.1, -0.05) is 27.5 Å². The van der Waals surface area contributed by atoms with Gasteiger partial charge in [0.2, 0.25) is 0 Å². The summed E-state index contributed by atoms with van der Waals surface area (Å²) in [5, 5.41) is 10.4. The Labute approximate surface area is 110 Å². The summed E-state index contributed by atoms with van der Waals surface area (Å²) in [7, 11) is 0. The molecule has 0 spiro atoms. The normalized spacial score (nSPS) is 19.5. The van der Waals surface area contributed by atoms with Crippen molar-refractivity contribution in [2.45, 2.75) is 16.0 Å². The number of anilines is 1. The first-order valence-corrected chi connectivity index (χ1v) is 7.39. The molecule has 4 N–H and O–H groups in total. The molecule has 0 aromatic heterocycles. The van der Waals surface area contributed by atoms with Crippen LogP contribution in [0.2, 0.25) is 5.02 Å². The van der Waals surface area contributed by atoms with E-state index in [0.29, 0.717) is 5.02 Å². The predicted octanol–water partition coefficient (Wildman–Crippen LogP) is 3.05. The van der Waals surface area contributed by atoms with Crippen LogP contribution in [0.4, 0.5) is 5.69 Å². The minimum absolute atomic E-state index is 0.218. The third-order valence-electron chi connectivity index (χ3n) is 1.96. The molecular weight excluding hydrogens is 318 g/mol. The quantitative estimate of drug-likeness (QED) is 0.576. The van der Waals surface area contributed by atoms with Gasteiger partial charge >= 0.3 is 0 Å². The molecule has 1 aromatic carbocycles. The number of nitrogens with two attached hydrogens (primary N) is 1. The minimum Gasteiger partial charge on any atom is -0.367 e. The van der Waals surface area contributed by atoms with Crippen LogP contribution >= 0.6 is 51.4 Å². The van der Waals surface area contributed by atoms with Crippen molar-refractivity contribution in [1.82, 2.24) is 4.72 Å². The molecule has 3 nitrogen and oxygen atoms in total. The van der Waals surface area contributed by atoms with E-state index in [1.54, 1.807) is 11.9 Å². The van der Waals surface area contributed by atoms with Gasteiger partial charge in [0.1, 0.15) is 0 Å². The van der Waals surface area contributed by atoms with E-state index in [0.717, 1.165) is 32.8 Å². The van der Waals surface area contributed by atoms with Crippen molar-refractivity contribution < 1.29 is 0 Å². The fraction of sp³-hybridized carbons (Fsp3) is 0.250. The number of hydrogen-bond donors (Lipinski definition) is 3. The maximum absolute atomic E-state index is 6.07. The Hall–Kier alpha value is 0.410. The lowest BCUT2D eigenvalue weighted by Gasteiger charge is -2.26. The van der Waals surface area contributed by atoms with Gasteiger partial charge in [-0.15, -0.1) is 0 Å². The van der Waals surface area contributed by atoms with Crippen molar-refractivity contribution in [3.05, 3.63) is 17.2 Å². The molecule has 1 aliphatic heterocycles. The van der Waals surface area contributed by atoms with E-state index in [1.165, 1.54) is 0 Å². The van der Waals surface area contributed by atoms with Crippen LogP contribution in [-0.4, -0.2) is 11.5 Å². The van der Waals surface area contributed by atoms with E-state index in [-0.39, 0.29) is 6.17 Å². The fourth-order valence-electron chi connectivity index (χ4n) is 1.24. The summed E-state index contributed by atoms with van der Waals surface area (Å²) in [6.45, 7) is 0. The number of alkyl halides is 1. The van der Waals surface area contributed by atoms with Gasteiger partial charge in [0, 0.05) is 15.1 Å². The van der Waals surface area contributed by atoms with Crippen LogP contribution in [0.25, 0.3) is 0 Å². The van der Waals surface area contributed by atoms with Crippen LogP contribution in [0.1, 0.15) is 0 Å². The van der Waals surface area contributed by atoms with Crippen molar-refractivity contribution in [1.29, 1.82) is 0 Å². The van der Waals surface area contributed by atoms with Gasteiger partial charge < -0.3 is 5.32 Å². The van der Waals surface area contributed by atoms with Gasteiger partial charge in [-0.2, -0.15) is 0 Å². The van der Waals surface area contributed by atoms with E-state index < -0.39 is 0 Å². The fourth-order valence-corrected chi connectivity index (χ4v) is 3.33. The van der Waals surface area contributed by atoms with Gasteiger partial charge in [0.05, 0.1) is 16.9 Å². The molecule has 1 aliphatic rings. The highest BCUT2D eigenvalue weighted by molar-refractivity contribution is 9.09. The van der Waals surface area contributed by atoms with E-state index in [9.17, 15) is 0 Å². The highest BCUT2D eigenvalue weighted by Crippen LogP contribution is 2.37. The smallest absolute Gasteiger partial charge is 0.0961 e. The lowest BCUT2D eigenvalue weighted by Crippen LogP contribution is -2.36. The van der Waals surface area contributed by atoms with Gasteiger partial charge in [0.25, 0.3) is 0 Å². The second-order valence-electron chi connectivity index (χ2n) is 2.97. The Balaban J connectivity index is 2.32. The maximum Gasteiger partial charge on any atom is 0.0961 e. The van der Waals surface area contributed by atoms with E-state index in [4.69, 9.17) is 16.7 Å². The molecule has 0 saturated carbocycles. The van der Waals surface area contributed by atoms with Gasteiger partial charge in [0.15, 0.2) is 0 Å². The summed E-state index contributed by atoms with van der Waals surface area (Å²) in [6, 6.07) is 3.90. The molecule has 2 rings (SSSR count). The molecule has 1 unspecified atom stereocenters.